The highest BCUT2D eigenvalue weighted by Gasteiger charge is 2.31. The molecule has 2 rings (SSSR count). The Morgan fingerprint density at radius 3 is 2.36 bits per heavy atom. The second kappa shape index (κ2) is 9.05. The lowest BCUT2D eigenvalue weighted by Crippen LogP contribution is -2.43. The summed E-state index contributed by atoms with van der Waals surface area (Å²) in [6, 6.07) is 6.97. The van der Waals surface area contributed by atoms with Crippen LogP contribution in [0.1, 0.15) is 33.1 Å². The van der Waals surface area contributed by atoms with Gasteiger partial charge in [-0.05, 0) is 55.7 Å². The van der Waals surface area contributed by atoms with Crippen LogP contribution in [-0.2, 0) is 14.8 Å². The van der Waals surface area contributed by atoms with Crippen molar-refractivity contribution in [1.82, 2.24) is 9.62 Å². The average Bonchev–Trinajstić information content (AvgIpc) is 2.61. The smallest absolute Gasteiger partial charge is 0.243 e. The van der Waals surface area contributed by atoms with Gasteiger partial charge in [-0.3, -0.25) is 4.79 Å². The number of carbonyl (C=O) groups is 1. The van der Waals surface area contributed by atoms with Gasteiger partial charge in [0.1, 0.15) is 0 Å². The number of nitrogens with zero attached hydrogens (tertiary/aromatic N) is 1. The molecule has 0 spiro atoms. The monoisotopic (exact) mass is 384 g/mol. The summed E-state index contributed by atoms with van der Waals surface area (Å²) in [6.07, 6.45) is 4.08. The number of benzene rings is 1. The lowest BCUT2D eigenvalue weighted by molar-refractivity contribution is -0.126. The predicted molar refractivity (Wildman–Crippen MR) is 102 cm³/mol. The number of amides is 1. The summed E-state index contributed by atoms with van der Waals surface area (Å²) in [5, 5.41) is 2.97. The number of hydrogen-bond acceptors (Lipinski definition) is 4. The zero-order valence-corrected chi connectivity index (χ0v) is 16.8. The topological polar surface area (TPSA) is 66.5 Å². The van der Waals surface area contributed by atoms with Gasteiger partial charge >= 0.3 is 0 Å². The van der Waals surface area contributed by atoms with E-state index in [2.05, 4.69) is 19.2 Å². The van der Waals surface area contributed by atoms with Crippen LogP contribution in [0.25, 0.3) is 0 Å². The van der Waals surface area contributed by atoms with Crippen LogP contribution in [-0.4, -0.2) is 44.5 Å². The zero-order chi connectivity index (χ0) is 18.4. The van der Waals surface area contributed by atoms with Gasteiger partial charge in [-0.2, -0.15) is 4.31 Å². The number of nitrogens with one attached hydrogen (secondary N) is 1. The molecule has 1 fully saturated rings. The second-order valence-electron chi connectivity index (χ2n) is 6.83. The van der Waals surface area contributed by atoms with Gasteiger partial charge in [0.25, 0.3) is 0 Å². The first-order valence-electron chi connectivity index (χ1n) is 8.76. The van der Waals surface area contributed by atoms with E-state index < -0.39 is 10.0 Å². The third-order valence-electron chi connectivity index (χ3n) is 4.54. The SMILES string of the molecule is CSc1ccc(S(=O)(=O)N2CCC(C(=O)NCCC(C)C)CC2)cc1. The Bertz CT molecular complexity index is 664. The molecule has 0 bridgehead atoms. The molecule has 1 aliphatic rings. The summed E-state index contributed by atoms with van der Waals surface area (Å²) < 4.78 is 27.0. The van der Waals surface area contributed by atoms with Crippen LogP contribution in [0.2, 0.25) is 0 Å². The summed E-state index contributed by atoms with van der Waals surface area (Å²) in [4.78, 5) is 13.6. The summed E-state index contributed by atoms with van der Waals surface area (Å²) in [5.74, 6) is 0.532. The molecule has 0 aliphatic carbocycles. The summed E-state index contributed by atoms with van der Waals surface area (Å²) in [5.41, 5.74) is 0. The third kappa shape index (κ3) is 5.46. The van der Waals surface area contributed by atoms with Gasteiger partial charge in [0, 0.05) is 30.4 Å². The van der Waals surface area contributed by atoms with Crippen LogP contribution < -0.4 is 5.32 Å². The molecule has 25 heavy (non-hydrogen) atoms. The minimum Gasteiger partial charge on any atom is -0.356 e. The number of thioether (sulfide) groups is 1. The van der Waals surface area contributed by atoms with Gasteiger partial charge in [0.05, 0.1) is 4.90 Å². The number of rotatable bonds is 7. The van der Waals surface area contributed by atoms with E-state index in [0.29, 0.717) is 43.3 Å². The molecule has 1 heterocycles. The van der Waals surface area contributed by atoms with E-state index in [4.69, 9.17) is 0 Å². The molecule has 140 valence electrons. The van der Waals surface area contributed by atoms with Crippen LogP contribution in [0, 0.1) is 11.8 Å². The quantitative estimate of drug-likeness (QED) is 0.734. The molecule has 1 aromatic carbocycles. The van der Waals surface area contributed by atoms with Crippen molar-refractivity contribution in [2.75, 3.05) is 25.9 Å². The van der Waals surface area contributed by atoms with E-state index >= 15 is 0 Å². The second-order valence-corrected chi connectivity index (χ2v) is 9.65. The lowest BCUT2D eigenvalue weighted by Gasteiger charge is -2.30. The Morgan fingerprint density at radius 2 is 1.84 bits per heavy atom. The van der Waals surface area contributed by atoms with E-state index in [0.717, 1.165) is 11.3 Å². The molecule has 0 aromatic heterocycles. The molecule has 0 unspecified atom stereocenters. The highest BCUT2D eigenvalue weighted by molar-refractivity contribution is 7.98. The fourth-order valence-corrected chi connectivity index (χ4v) is 4.76. The Labute approximate surface area is 155 Å². The molecule has 1 aliphatic heterocycles. The van der Waals surface area contributed by atoms with Gasteiger partial charge in [-0.1, -0.05) is 13.8 Å². The van der Waals surface area contributed by atoms with E-state index in [1.165, 1.54) is 4.31 Å². The maximum Gasteiger partial charge on any atom is 0.243 e. The third-order valence-corrected chi connectivity index (χ3v) is 7.20. The molecule has 1 saturated heterocycles. The van der Waals surface area contributed by atoms with Crippen molar-refractivity contribution < 1.29 is 13.2 Å². The van der Waals surface area contributed by atoms with E-state index in [9.17, 15) is 13.2 Å². The van der Waals surface area contributed by atoms with Crippen molar-refractivity contribution >= 4 is 27.7 Å². The predicted octanol–water partition coefficient (Wildman–Crippen LogP) is 2.97. The fraction of sp³-hybridized carbons (Fsp3) is 0.611. The molecule has 0 saturated carbocycles. The van der Waals surface area contributed by atoms with Gasteiger partial charge in [0.15, 0.2) is 0 Å². The summed E-state index contributed by atoms with van der Waals surface area (Å²) >= 11 is 1.58. The van der Waals surface area contributed by atoms with Gasteiger partial charge < -0.3 is 5.32 Å². The molecular weight excluding hydrogens is 356 g/mol. The van der Waals surface area contributed by atoms with E-state index in [1.807, 2.05) is 18.4 Å². The van der Waals surface area contributed by atoms with E-state index in [1.54, 1.807) is 23.9 Å². The van der Waals surface area contributed by atoms with Gasteiger partial charge in [-0.25, -0.2) is 8.42 Å². The summed E-state index contributed by atoms with van der Waals surface area (Å²) in [6.45, 7) is 5.74. The number of piperidine rings is 1. The van der Waals surface area contributed by atoms with Crippen molar-refractivity contribution in [1.29, 1.82) is 0 Å². The van der Waals surface area contributed by atoms with Crippen molar-refractivity contribution in [3.05, 3.63) is 24.3 Å². The van der Waals surface area contributed by atoms with Crippen LogP contribution in [0.3, 0.4) is 0 Å². The summed E-state index contributed by atoms with van der Waals surface area (Å²) in [7, 11) is -3.47. The first kappa shape index (κ1) is 20.3. The number of sulfonamides is 1. The van der Waals surface area contributed by atoms with Crippen molar-refractivity contribution in [2.24, 2.45) is 11.8 Å². The molecule has 0 radical (unpaired) electrons. The number of hydrogen-bond donors (Lipinski definition) is 1. The molecule has 1 N–H and O–H groups in total. The number of carbonyl (C=O) groups excluding carboxylic acids is 1. The largest absolute Gasteiger partial charge is 0.356 e. The molecule has 1 aromatic rings. The van der Waals surface area contributed by atoms with Crippen molar-refractivity contribution in [2.45, 2.75) is 42.9 Å². The lowest BCUT2D eigenvalue weighted by atomic mass is 9.97. The van der Waals surface area contributed by atoms with E-state index in [-0.39, 0.29) is 11.8 Å². The highest BCUT2D eigenvalue weighted by Crippen LogP contribution is 2.25. The maximum atomic E-state index is 12.7. The van der Waals surface area contributed by atoms with Crippen molar-refractivity contribution in [3.8, 4) is 0 Å². The van der Waals surface area contributed by atoms with Crippen LogP contribution in [0.15, 0.2) is 34.1 Å². The van der Waals surface area contributed by atoms with Crippen LogP contribution in [0.5, 0.6) is 0 Å². The zero-order valence-electron chi connectivity index (χ0n) is 15.2. The molecule has 5 nitrogen and oxygen atoms in total. The van der Waals surface area contributed by atoms with Gasteiger partial charge in [-0.15, -0.1) is 11.8 Å². The first-order chi connectivity index (χ1) is 11.8. The Hall–Kier alpha value is -1.05. The molecule has 0 atom stereocenters. The maximum absolute atomic E-state index is 12.7. The normalized spacial score (nSPS) is 17.0. The Kier molecular flexibility index (Phi) is 7.34. The average molecular weight is 385 g/mol. The fourth-order valence-electron chi connectivity index (χ4n) is 2.88. The van der Waals surface area contributed by atoms with Gasteiger partial charge in [0.2, 0.25) is 15.9 Å². The Morgan fingerprint density at radius 1 is 1.24 bits per heavy atom. The molecular formula is C18H28N2O3S2. The van der Waals surface area contributed by atoms with Crippen LogP contribution >= 0.6 is 11.8 Å². The first-order valence-corrected chi connectivity index (χ1v) is 11.4. The Balaban J connectivity index is 1.90. The minimum atomic E-state index is -3.47. The van der Waals surface area contributed by atoms with Crippen molar-refractivity contribution in [3.63, 3.8) is 0 Å². The minimum absolute atomic E-state index is 0.0574. The standard InChI is InChI=1S/C18H28N2O3S2/c1-14(2)8-11-19-18(21)15-9-12-20(13-10-15)25(22,23)17-6-4-16(24-3)5-7-17/h4-7,14-15H,8-13H2,1-3H3,(H,19,21). The molecule has 7 heteroatoms. The highest BCUT2D eigenvalue weighted by atomic mass is 32.2. The van der Waals surface area contributed by atoms with Crippen LogP contribution in [0.4, 0.5) is 0 Å². The molecule has 1 amide bonds.